The van der Waals surface area contributed by atoms with Gasteiger partial charge >= 0.3 is 0 Å². The van der Waals surface area contributed by atoms with E-state index in [0.29, 0.717) is 0 Å². The van der Waals surface area contributed by atoms with E-state index in [9.17, 15) is 0 Å². The molecule has 0 aliphatic heterocycles. The summed E-state index contributed by atoms with van der Waals surface area (Å²) in [5.41, 5.74) is 0. The third kappa shape index (κ3) is 13.1. The summed E-state index contributed by atoms with van der Waals surface area (Å²) in [4.78, 5) is 0. The second-order valence-electron chi connectivity index (χ2n) is 3.09. The average Bonchev–Trinajstić information content (AvgIpc) is 2.08. The molecule has 0 aromatic heterocycles. The second kappa shape index (κ2) is 12.7. The normalized spacial score (nSPS) is 9.27. The predicted octanol–water partition coefficient (Wildman–Crippen LogP) is 4.64. The molecule has 0 unspecified atom stereocenters. The van der Waals surface area contributed by atoms with Crippen LogP contribution in [0, 0.1) is 5.92 Å². The molecular weight excluding hydrogens is 132 g/mol. The van der Waals surface area contributed by atoms with E-state index in [-0.39, 0.29) is 0 Å². The highest BCUT2D eigenvalue weighted by Crippen LogP contribution is 2.09. The van der Waals surface area contributed by atoms with E-state index in [1.165, 1.54) is 32.1 Å². The van der Waals surface area contributed by atoms with Crippen LogP contribution >= 0.6 is 0 Å². The van der Waals surface area contributed by atoms with Crippen LogP contribution in [-0.2, 0) is 0 Å². The van der Waals surface area contributed by atoms with Crippen molar-refractivity contribution < 1.29 is 0 Å². The van der Waals surface area contributed by atoms with E-state index in [1.807, 2.05) is 0 Å². The molecule has 0 atom stereocenters. The molecule has 0 nitrogen and oxygen atoms in total. The summed E-state index contributed by atoms with van der Waals surface area (Å²) < 4.78 is 0. The van der Waals surface area contributed by atoms with Crippen molar-refractivity contribution >= 4 is 0 Å². The van der Waals surface area contributed by atoms with Crippen LogP contribution in [0.3, 0.4) is 0 Å². The SMILES string of the molecule is CCC(CC)CC.CCCC. The van der Waals surface area contributed by atoms with Crippen LogP contribution < -0.4 is 0 Å². The van der Waals surface area contributed by atoms with Crippen molar-refractivity contribution in [1.82, 2.24) is 0 Å². The summed E-state index contributed by atoms with van der Waals surface area (Å²) >= 11 is 0. The summed E-state index contributed by atoms with van der Waals surface area (Å²) in [6.07, 6.45) is 6.70. The maximum atomic E-state index is 2.26. The van der Waals surface area contributed by atoms with E-state index < -0.39 is 0 Å². The summed E-state index contributed by atoms with van der Waals surface area (Å²) in [6.45, 7) is 11.1. The molecule has 0 N–H and O–H groups in total. The van der Waals surface area contributed by atoms with Gasteiger partial charge in [0.1, 0.15) is 0 Å². The number of hydrogen-bond donors (Lipinski definition) is 0. The average molecular weight is 158 g/mol. The zero-order valence-electron chi connectivity index (χ0n) is 9.11. The van der Waals surface area contributed by atoms with Gasteiger partial charge in [-0.1, -0.05) is 66.7 Å². The molecule has 11 heavy (non-hydrogen) atoms. The van der Waals surface area contributed by atoms with Gasteiger partial charge in [0.25, 0.3) is 0 Å². The lowest BCUT2D eigenvalue weighted by Crippen LogP contribution is -1.91. The molecule has 0 rings (SSSR count). The van der Waals surface area contributed by atoms with Gasteiger partial charge in [0, 0.05) is 0 Å². The number of hydrogen-bond acceptors (Lipinski definition) is 0. The van der Waals surface area contributed by atoms with Crippen LogP contribution in [0.4, 0.5) is 0 Å². The lowest BCUT2D eigenvalue weighted by Gasteiger charge is -2.05. The molecule has 0 spiro atoms. The van der Waals surface area contributed by atoms with Gasteiger partial charge in [-0.15, -0.1) is 0 Å². The number of unbranched alkanes of at least 4 members (excludes halogenated alkanes) is 1. The minimum atomic E-state index is 0.986. The lowest BCUT2D eigenvalue weighted by atomic mass is 10.0. The fourth-order valence-electron chi connectivity index (χ4n) is 0.866. The quantitative estimate of drug-likeness (QED) is 0.559. The highest BCUT2D eigenvalue weighted by molar-refractivity contribution is 4.48. The molecule has 70 valence electrons. The first-order valence-electron chi connectivity index (χ1n) is 5.26. The molecule has 0 aromatic carbocycles. The van der Waals surface area contributed by atoms with Crippen LogP contribution in [0.25, 0.3) is 0 Å². The Bertz CT molecular complexity index is 36.5. The van der Waals surface area contributed by atoms with Gasteiger partial charge in [-0.2, -0.15) is 0 Å². The van der Waals surface area contributed by atoms with Crippen LogP contribution in [0.2, 0.25) is 0 Å². The zero-order chi connectivity index (χ0) is 9.11. The first kappa shape index (κ1) is 13.6. The van der Waals surface area contributed by atoms with Crippen molar-refractivity contribution in [3.8, 4) is 0 Å². The Balaban J connectivity index is 0. The van der Waals surface area contributed by atoms with Crippen LogP contribution in [0.5, 0.6) is 0 Å². The topological polar surface area (TPSA) is 0 Å². The first-order valence-corrected chi connectivity index (χ1v) is 5.26. The Morgan fingerprint density at radius 3 is 0.909 bits per heavy atom. The van der Waals surface area contributed by atoms with Gasteiger partial charge in [-0.05, 0) is 5.92 Å². The van der Waals surface area contributed by atoms with Crippen molar-refractivity contribution in [3.63, 3.8) is 0 Å². The van der Waals surface area contributed by atoms with Crippen LogP contribution in [0.1, 0.15) is 66.7 Å². The van der Waals surface area contributed by atoms with Gasteiger partial charge in [0.05, 0.1) is 0 Å². The van der Waals surface area contributed by atoms with E-state index >= 15 is 0 Å². The summed E-state index contributed by atoms with van der Waals surface area (Å²) in [5, 5.41) is 0. The van der Waals surface area contributed by atoms with Gasteiger partial charge in [0.15, 0.2) is 0 Å². The minimum absolute atomic E-state index is 0.986. The van der Waals surface area contributed by atoms with E-state index in [1.54, 1.807) is 0 Å². The van der Waals surface area contributed by atoms with E-state index in [4.69, 9.17) is 0 Å². The third-order valence-electron chi connectivity index (χ3n) is 2.23. The summed E-state index contributed by atoms with van der Waals surface area (Å²) in [7, 11) is 0. The summed E-state index contributed by atoms with van der Waals surface area (Å²) in [5.74, 6) is 0.986. The molecule has 0 amide bonds. The molecule has 0 saturated carbocycles. The molecule has 0 aliphatic carbocycles. The Hall–Kier alpha value is 0. The van der Waals surface area contributed by atoms with Crippen molar-refractivity contribution in [2.24, 2.45) is 5.92 Å². The molecule has 0 fully saturated rings. The summed E-state index contributed by atoms with van der Waals surface area (Å²) in [6, 6.07) is 0. The first-order chi connectivity index (χ1) is 5.26. The molecule has 0 heteroatoms. The van der Waals surface area contributed by atoms with E-state index in [0.717, 1.165) is 5.92 Å². The Labute approximate surface area is 73.4 Å². The van der Waals surface area contributed by atoms with Crippen molar-refractivity contribution in [2.45, 2.75) is 66.7 Å². The van der Waals surface area contributed by atoms with E-state index in [2.05, 4.69) is 34.6 Å². The molecular formula is C11H26. The minimum Gasteiger partial charge on any atom is -0.0654 e. The molecule has 0 bridgehead atoms. The van der Waals surface area contributed by atoms with Gasteiger partial charge in [-0.25, -0.2) is 0 Å². The molecule has 0 radical (unpaired) electrons. The largest absolute Gasteiger partial charge is 0.0654 e. The van der Waals surface area contributed by atoms with Crippen LogP contribution in [-0.4, -0.2) is 0 Å². The lowest BCUT2D eigenvalue weighted by molar-refractivity contribution is 0.477. The zero-order valence-corrected chi connectivity index (χ0v) is 9.11. The molecule has 0 aliphatic rings. The van der Waals surface area contributed by atoms with Gasteiger partial charge in [0.2, 0.25) is 0 Å². The second-order valence-corrected chi connectivity index (χ2v) is 3.09. The fourth-order valence-corrected chi connectivity index (χ4v) is 0.866. The fraction of sp³-hybridized carbons (Fsp3) is 1.00. The van der Waals surface area contributed by atoms with Crippen molar-refractivity contribution in [1.29, 1.82) is 0 Å². The molecule has 0 saturated heterocycles. The maximum Gasteiger partial charge on any atom is -0.0422 e. The van der Waals surface area contributed by atoms with Crippen molar-refractivity contribution in [3.05, 3.63) is 0 Å². The van der Waals surface area contributed by atoms with Gasteiger partial charge < -0.3 is 0 Å². The third-order valence-corrected chi connectivity index (χ3v) is 2.23. The monoisotopic (exact) mass is 158 g/mol. The number of rotatable bonds is 4. The highest BCUT2D eigenvalue weighted by atomic mass is 14.0. The highest BCUT2D eigenvalue weighted by Gasteiger charge is 1.95. The van der Waals surface area contributed by atoms with Gasteiger partial charge in [-0.3, -0.25) is 0 Å². The van der Waals surface area contributed by atoms with Crippen LogP contribution in [0.15, 0.2) is 0 Å². The Kier molecular flexibility index (Phi) is 15.6. The molecule has 0 aromatic rings. The Morgan fingerprint density at radius 2 is 0.909 bits per heavy atom. The Morgan fingerprint density at radius 1 is 0.636 bits per heavy atom. The predicted molar refractivity (Wildman–Crippen MR) is 54.9 cm³/mol. The maximum absolute atomic E-state index is 2.26. The standard InChI is InChI=1S/C7H16.C4H10/c1-4-7(5-2)6-3;1-3-4-2/h7H,4-6H2,1-3H3;3-4H2,1-2H3. The molecule has 0 heterocycles. The smallest absolute Gasteiger partial charge is 0.0422 e. The van der Waals surface area contributed by atoms with Crippen molar-refractivity contribution in [2.75, 3.05) is 0 Å².